The maximum absolute atomic E-state index is 12.0. The number of hydrogen-bond donors (Lipinski definition) is 1. The number of hydrazone groups is 1. The Morgan fingerprint density at radius 1 is 1.00 bits per heavy atom. The first-order chi connectivity index (χ1) is 14.0. The molecule has 0 saturated heterocycles. The monoisotopic (exact) mass is 520 g/mol. The fourth-order valence-corrected chi connectivity index (χ4v) is 3.63. The predicted molar refractivity (Wildman–Crippen MR) is 120 cm³/mol. The maximum Gasteiger partial charge on any atom is 0.277 e. The van der Waals surface area contributed by atoms with Crippen LogP contribution in [-0.4, -0.2) is 32.9 Å². The third-order valence-electron chi connectivity index (χ3n) is 4.05. The number of methoxy groups -OCH3 is 2. The smallest absolute Gasteiger partial charge is 0.277 e. The van der Waals surface area contributed by atoms with E-state index < -0.39 is 0 Å². The third-order valence-corrected chi connectivity index (χ3v) is 5.36. The SMILES string of the molecule is COc1ccc(/C=N/NC(=O)COc2ccc3cc(Br)ccc3c2Br)cc1OC. The van der Waals surface area contributed by atoms with E-state index in [1.54, 1.807) is 32.4 Å². The first-order valence-electron chi connectivity index (χ1n) is 8.56. The Labute approximate surface area is 185 Å². The highest BCUT2D eigenvalue weighted by Crippen LogP contribution is 2.34. The Kier molecular flexibility index (Phi) is 7.11. The molecule has 3 aromatic carbocycles. The van der Waals surface area contributed by atoms with Crippen molar-refractivity contribution in [3.63, 3.8) is 0 Å². The summed E-state index contributed by atoms with van der Waals surface area (Å²) in [6.07, 6.45) is 1.52. The number of rotatable bonds is 7. The van der Waals surface area contributed by atoms with E-state index in [1.165, 1.54) is 6.21 Å². The molecule has 0 aliphatic rings. The van der Waals surface area contributed by atoms with Gasteiger partial charge in [-0.2, -0.15) is 5.10 Å². The third kappa shape index (κ3) is 5.27. The van der Waals surface area contributed by atoms with E-state index in [4.69, 9.17) is 14.2 Å². The number of benzene rings is 3. The van der Waals surface area contributed by atoms with Crippen LogP contribution < -0.4 is 19.6 Å². The van der Waals surface area contributed by atoms with Gasteiger partial charge in [0.1, 0.15) is 5.75 Å². The summed E-state index contributed by atoms with van der Waals surface area (Å²) < 4.78 is 17.8. The van der Waals surface area contributed by atoms with Crippen LogP contribution in [0.25, 0.3) is 10.8 Å². The zero-order chi connectivity index (χ0) is 20.8. The molecule has 3 aromatic rings. The van der Waals surface area contributed by atoms with Gasteiger partial charge >= 0.3 is 0 Å². The van der Waals surface area contributed by atoms with Crippen molar-refractivity contribution in [3.8, 4) is 17.2 Å². The molecule has 0 unspecified atom stereocenters. The molecular weight excluding hydrogens is 504 g/mol. The van der Waals surface area contributed by atoms with Crippen LogP contribution in [0, 0.1) is 0 Å². The lowest BCUT2D eigenvalue weighted by molar-refractivity contribution is -0.123. The van der Waals surface area contributed by atoms with Crippen molar-refractivity contribution in [3.05, 3.63) is 63.0 Å². The Balaban J connectivity index is 1.59. The van der Waals surface area contributed by atoms with Gasteiger partial charge in [0, 0.05) is 4.47 Å². The van der Waals surface area contributed by atoms with Crippen molar-refractivity contribution in [1.82, 2.24) is 5.43 Å². The molecule has 8 heteroatoms. The second kappa shape index (κ2) is 9.76. The quantitative estimate of drug-likeness (QED) is 0.354. The van der Waals surface area contributed by atoms with Gasteiger partial charge in [0.25, 0.3) is 5.91 Å². The van der Waals surface area contributed by atoms with Crippen molar-refractivity contribution >= 4 is 54.8 Å². The molecule has 0 aliphatic carbocycles. The molecule has 1 amide bonds. The highest BCUT2D eigenvalue weighted by atomic mass is 79.9. The summed E-state index contributed by atoms with van der Waals surface area (Å²) in [5.74, 6) is 1.41. The number of carbonyl (C=O) groups is 1. The number of carbonyl (C=O) groups excluding carboxylic acids is 1. The number of halogens is 2. The number of ether oxygens (including phenoxy) is 3. The number of amides is 1. The Morgan fingerprint density at radius 3 is 2.52 bits per heavy atom. The van der Waals surface area contributed by atoms with Crippen LogP contribution in [0.1, 0.15) is 5.56 Å². The predicted octanol–water partition coefficient (Wildman–Crippen LogP) is 4.91. The van der Waals surface area contributed by atoms with Crippen molar-refractivity contribution in [2.24, 2.45) is 5.10 Å². The topological polar surface area (TPSA) is 69.2 Å². The van der Waals surface area contributed by atoms with E-state index in [-0.39, 0.29) is 12.5 Å². The second-order valence-corrected chi connectivity index (χ2v) is 7.65. The van der Waals surface area contributed by atoms with Gasteiger partial charge in [0.15, 0.2) is 18.1 Å². The molecule has 0 radical (unpaired) electrons. The van der Waals surface area contributed by atoms with Gasteiger partial charge in [0.2, 0.25) is 0 Å². The minimum Gasteiger partial charge on any atom is -0.493 e. The summed E-state index contributed by atoms with van der Waals surface area (Å²) in [7, 11) is 3.13. The minimum absolute atomic E-state index is 0.163. The first kappa shape index (κ1) is 21.1. The van der Waals surface area contributed by atoms with Gasteiger partial charge < -0.3 is 14.2 Å². The van der Waals surface area contributed by atoms with Crippen LogP contribution in [-0.2, 0) is 4.79 Å². The molecule has 0 aromatic heterocycles. The molecule has 1 N–H and O–H groups in total. The van der Waals surface area contributed by atoms with E-state index in [9.17, 15) is 4.79 Å². The first-order valence-corrected chi connectivity index (χ1v) is 10.1. The largest absolute Gasteiger partial charge is 0.493 e. The van der Waals surface area contributed by atoms with E-state index in [0.29, 0.717) is 17.2 Å². The fourth-order valence-electron chi connectivity index (χ4n) is 2.64. The fraction of sp³-hybridized carbons (Fsp3) is 0.143. The lowest BCUT2D eigenvalue weighted by Gasteiger charge is -2.10. The standard InChI is InChI=1S/C21H18Br2N2O4/c1-27-17-7-3-13(9-19(17)28-2)11-24-25-20(26)12-29-18-8-4-14-10-15(22)5-6-16(14)21(18)23/h3-11H,12H2,1-2H3,(H,25,26)/b24-11+. The average molecular weight is 522 g/mol. The van der Waals surface area contributed by atoms with Crippen molar-refractivity contribution < 1.29 is 19.0 Å². The molecular formula is C21H18Br2N2O4. The number of nitrogens with zero attached hydrogens (tertiary/aromatic N) is 1. The van der Waals surface area contributed by atoms with Gasteiger partial charge in [0.05, 0.1) is 24.9 Å². The zero-order valence-corrected chi connectivity index (χ0v) is 18.9. The summed E-state index contributed by atoms with van der Waals surface area (Å²) in [6.45, 7) is -0.163. The second-order valence-electron chi connectivity index (χ2n) is 5.94. The molecule has 6 nitrogen and oxygen atoms in total. The van der Waals surface area contributed by atoms with Crippen LogP contribution in [0.15, 0.2) is 62.6 Å². The zero-order valence-electron chi connectivity index (χ0n) is 15.7. The normalized spacial score (nSPS) is 10.9. The Morgan fingerprint density at radius 2 is 1.76 bits per heavy atom. The van der Waals surface area contributed by atoms with Crippen molar-refractivity contribution in [1.29, 1.82) is 0 Å². The Hall–Kier alpha value is -2.58. The van der Waals surface area contributed by atoms with Gasteiger partial charge in [-0.15, -0.1) is 0 Å². The van der Waals surface area contributed by atoms with Gasteiger partial charge in [-0.1, -0.05) is 28.1 Å². The molecule has 0 atom stereocenters. The van der Waals surface area contributed by atoms with Gasteiger partial charge in [-0.25, -0.2) is 5.43 Å². The molecule has 0 spiro atoms. The minimum atomic E-state index is -0.371. The molecule has 0 aliphatic heterocycles. The number of hydrogen-bond acceptors (Lipinski definition) is 5. The molecule has 0 bridgehead atoms. The van der Waals surface area contributed by atoms with Crippen LogP contribution in [0.5, 0.6) is 17.2 Å². The van der Waals surface area contributed by atoms with Crippen molar-refractivity contribution in [2.75, 3.05) is 20.8 Å². The summed E-state index contributed by atoms with van der Waals surface area (Å²) in [4.78, 5) is 12.0. The van der Waals surface area contributed by atoms with Gasteiger partial charge in [-0.05, 0) is 68.7 Å². The van der Waals surface area contributed by atoms with E-state index >= 15 is 0 Å². The van der Waals surface area contributed by atoms with Crippen LogP contribution >= 0.6 is 31.9 Å². The molecule has 3 rings (SSSR count). The highest BCUT2D eigenvalue weighted by Gasteiger charge is 2.09. The molecule has 150 valence electrons. The van der Waals surface area contributed by atoms with E-state index in [1.807, 2.05) is 30.3 Å². The number of nitrogens with one attached hydrogen (secondary N) is 1. The molecule has 0 heterocycles. The average Bonchev–Trinajstić information content (AvgIpc) is 2.73. The van der Waals surface area contributed by atoms with Gasteiger partial charge in [-0.3, -0.25) is 4.79 Å². The summed E-state index contributed by atoms with van der Waals surface area (Å²) in [6, 6.07) is 15.0. The van der Waals surface area contributed by atoms with E-state index in [2.05, 4.69) is 42.4 Å². The molecule has 0 saturated carbocycles. The summed E-state index contributed by atoms with van der Waals surface area (Å²) in [5, 5.41) is 6.00. The van der Waals surface area contributed by atoms with Crippen LogP contribution in [0.3, 0.4) is 0 Å². The van der Waals surface area contributed by atoms with E-state index in [0.717, 1.165) is 25.3 Å². The lowest BCUT2D eigenvalue weighted by Crippen LogP contribution is -2.24. The maximum atomic E-state index is 12.0. The molecule has 29 heavy (non-hydrogen) atoms. The summed E-state index contributed by atoms with van der Waals surface area (Å²) >= 11 is 7.00. The lowest BCUT2D eigenvalue weighted by atomic mass is 10.1. The summed E-state index contributed by atoms with van der Waals surface area (Å²) in [5.41, 5.74) is 3.20. The Bertz CT molecular complexity index is 1070. The number of fused-ring (bicyclic) bond motifs is 1. The highest BCUT2D eigenvalue weighted by molar-refractivity contribution is 9.11. The molecule has 0 fully saturated rings. The van der Waals surface area contributed by atoms with Crippen molar-refractivity contribution in [2.45, 2.75) is 0 Å². The van der Waals surface area contributed by atoms with Crippen LogP contribution in [0.2, 0.25) is 0 Å². The van der Waals surface area contributed by atoms with Crippen LogP contribution in [0.4, 0.5) is 0 Å².